The van der Waals surface area contributed by atoms with E-state index in [0.29, 0.717) is 18.5 Å². The molecule has 0 aliphatic heterocycles. The number of rotatable bonds is 3. The molecule has 2 heteroatoms. The summed E-state index contributed by atoms with van der Waals surface area (Å²) in [5.41, 5.74) is 0. The summed E-state index contributed by atoms with van der Waals surface area (Å²) in [6.45, 7) is 6.73. The molecule has 1 N–H and O–H groups in total. The number of hydrogen-bond acceptors (Lipinski definition) is 2. The standard InChI is InChI=1S/C11H20N2/c1-8-4-5-11(10(8)3)13-9(2)6-7-12/h8-11,13H,4-6H2,1-3H3. The van der Waals surface area contributed by atoms with Crippen LogP contribution in [-0.2, 0) is 0 Å². The van der Waals surface area contributed by atoms with Crippen LogP contribution in [0.25, 0.3) is 0 Å². The van der Waals surface area contributed by atoms with Gasteiger partial charge in [-0.2, -0.15) is 5.26 Å². The Kier molecular flexibility index (Phi) is 3.74. The summed E-state index contributed by atoms with van der Waals surface area (Å²) in [7, 11) is 0. The van der Waals surface area contributed by atoms with E-state index in [1.807, 2.05) is 0 Å². The predicted octanol–water partition coefficient (Wildman–Crippen LogP) is 2.31. The molecular weight excluding hydrogens is 160 g/mol. The lowest BCUT2D eigenvalue weighted by Crippen LogP contribution is -2.38. The first-order valence-corrected chi connectivity index (χ1v) is 5.28. The van der Waals surface area contributed by atoms with E-state index in [-0.39, 0.29) is 0 Å². The van der Waals surface area contributed by atoms with Crippen molar-refractivity contribution >= 4 is 0 Å². The maximum atomic E-state index is 8.54. The minimum atomic E-state index is 0.350. The Morgan fingerprint density at radius 3 is 2.62 bits per heavy atom. The third-order valence-corrected chi connectivity index (χ3v) is 3.36. The molecule has 0 aromatic heterocycles. The van der Waals surface area contributed by atoms with Crippen molar-refractivity contribution in [2.75, 3.05) is 0 Å². The molecule has 0 saturated heterocycles. The Morgan fingerprint density at radius 1 is 1.46 bits per heavy atom. The summed E-state index contributed by atoms with van der Waals surface area (Å²) >= 11 is 0. The van der Waals surface area contributed by atoms with Crippen molar-refractivity contribution in [3.8, 4) is 6.07 Å². The van der Waals surface area contributed by atoms with Crippen LogP contribution in [0.1, 0.15) is 40.0 Å². The zero-order valence-electron chi connectivity index (χ0n) is 8.88. The van der Waals surface area contributed by atoms with E-state index in [2.05, 4.69) is 32.2 Å². The molecule has 2 nitrogen and oxygen atoms in total. The van der Waals surface area contributed by atoms with E-state index in [1.54, 1.807) is 0 Å². The lowest BCUT2D eigenvalue weighted by atomic mass is 9.97. The highest BCUT2D eigenvalue weighted by atomic mass is 15.0. The molecule has 0 aromatic rings. The lowest BCUT2D eigenvalue weighted by Gasteiger charge is -2.22. The van der Waals surface area contributed by atoms with Gasteiger partial charge in [0.05, 0.1) is 12.5 Å². The first-order valence-electron chi connectivity index (χ1n) is 5.28. The largest absolute Gasteiger partial charge is 0.310 e. The fourth-order valence-corrected chi connectivity index (χ4v) is 2.16. The minimum absolute atomic E-state index is 0.350. The second-order valence-electron chi connectivity index (χ2n) is 4.45. The molecule has 1 aliphatic rings. The summed E-state index contributed by atoms with van der Waals surface area (Å²) in [6, 6.07) is 3.19. The molecule has 1 saturated carbocycles. The molecule has 1 rings (SSSR count). The average Bonchev–Trinajstić information content (AvgIpc) is 2.37. The van der Waals surface area contributed by atoms with Gasteiger partial charge in [0.15, 0.2) is 0 Å². The van der Waals surface area contributed by atoms with Crippen LogP contribution in [0, 0.1) is 23.2 Å². The Balaban J connectivity index is 2.34. The van der Waals surface area contributed by atoms with Gasteiger partial charge in [-0.3, -0.25) is 0 Å². The normalized spacial score (nSPS) is 35.7. The van der Waals surface area contributed by atoms with Crippen molar-refractivity contribution in [3.63, 3.8) is 0 Å². The molecule has 13 heavy (non-hydrogen) atoms. The van der Waals surface area contributed by atoms with Crippen LogP contribution >= 0.6 is 0 Å². The van der Waals surface area contributed by atoms with Gasteiger partial charge < -0.3 is 5.32 Å². The molecule has 4 unspecified atom stereocenters. The van der Waals surface area contributed by atoms with Crippen molar-refractivity contribution in [2.45, 2.75) is 52.1 Å². The maximum Gasteiger partial charge on any atom is 0.0638 e. The summed E-state index contributed by atoms with van der Waals surface area (Å²) < 4.78 is 0. The summed E-state index contributed by atoms with van der Waals surface area (Å²) in [5.74, 6) is 1.60. The van der Waals surface area contributed by atoms with E-state index in [1.165, 1.54) is 12.8 Å². The number of nitrogens with zero attached hydrogens (tertiary/aromatic N) is 1. The van der Waals surface area contributed by atoms with Gasteiger partial charge in [0, 0.05) is 12.1 Å². The zero-order chi connectivity index (χ0) is 9.84. The Hall–Kier alpha value is -0.550. The first kappa shape index (κ1) is 10.5. The third kappa shape index (κ3) is 2.70. The van der Waals surface area contributed by atoms with Crippen LogP contribution in [0.5, 0.6) is 0 Å². The van der Waals surface area contributed by atoms with E-state index in [4.69, 9.17) is 5.26 Å². The van der Waals surface area contributed by atoms with Crippen molar-refractivity contribution in [2.24, 2.45) is 11.8 Å². The monoisotopic (exact) mass is 180 g/mol. The van der Waals surface area contributed by atoms with Crippen LogP contribution in [-0.4, -0.2) is 12.1 Å². The van der Waals surface area contributed by atoms with Crippen molar-refractivity contribution in [3.05, 3.63) is 0 Å². The van der Waals surface area contributed by atoms with Crippen LogP contribution < -0.4 is 5.32 Å². The van der Waals surface area contributed by atoms with Crippen molar-refractivity contribution in [1.29, 1.82) is 5.26 Å². The van der Waals surface area contributed by atoms with E-state index in [0.717, 1.165) is 11.8 Å². The number of nitriles is 1. The van der Waals surface area contributed by atoms with Gasteiger partial charge in [-0.15, -0.1) is 0 Å². The minimum Gasteiger partial charge on any atom is -0.310 e. The molecule has 0 spiro atoms. The molecule has 0 bridgehead atoms. The Morgan fingerprint density at radius 2 is 2.15 bits per heavy atom. The SMILES string of the molecule is CC(CC#N)NC1CCC(C)C1C. The predicted molar refractivity (Wildman–Crippen MR) is 54.2 cm³/mol. The molecule has 1 aliphatic carbocycles. The molecule has 0 heterocycles. The second-order valence-corrected chi connectivity index (χ2v) is 4.45. The fraction of sp³-hybridized carbons (Fsp3) is 0.909. The van der Waals surface area contributed by atoms with Crippen molar-refractivity contribution < 1.29 is 0 Å². The Bertz CT molecular complexity index is 195. The number of hydrogen-bond donors (Lipinski definition) is 1. The second kappa shape index (κ2) is 4.62. The first-order chi connectivity index (χ1) is 6.15. The topological polar surface area (TPSA) is 35.8 Å². The lowest BCUT2D eigenvalue weighted by molar-refractivity contribution is 0.345. The zero-order valence-corrected chi connectivity index (χ0v) is 8.88. The van der Waals surface area contributed by atoms with Crippen molar-refractivity contribution in [1.82, 2.24) is 5.32 Å². The smallest absolute Gasteiger partial charge is 0.0638 e. The van der Waals surface area contributed by atoms with Crippen LogP contribution in [0.15, 0.2) is 0 Å². The van der Waals surface area contributed by atoms with Gasteiger partial charge in [-0.05, 0) is 31.6 Å². The van der Waals surface area contributed by atoms with E-state index < -0.39 is 0 Å². The highest BCUT2D eigenvalue weighted by Gasteiger charge is 2.29. The number of nitrogens with one attached hydrogen (secondary N) is 1. The van der Waals surface area contributed by atoms with Gasteiger partial charge in [0.1, 0.15) is 0 Å². The molecular formula is C11H20N2. The maximum absolute atomic E-state index is 8.54. The quantitative estimate of drug-likeness (QED) is 0.723. The molecule has 0 amide bonds. The van der Waals surface area contributed by atoms with Gasteiger partial charge in [-0.1, -0.05) is 13.8 Å². The van der Waals surface area contributed by atoms with Gasteiger partial charge >= 0.3 is 0 Å². The molecule has 74 valence electrons. The van der Waals surface area contributed by atoms with Gasteiger partial charge in [0.2, 0.25) is 0 Å². The molecule has 0 aromatic carbocycles. The Labute approximate surface area is 81.3 Å². The molecule has 0 radical (unpaired) electrons. The summed E-state index contributed by atoms with van der Waals surface area (Å²) in [5, 5.41) is 12.1. The van der Waals surface area contributed by atoms with Crippen LogP contribution in [0.2, 0.25) is 0 Å². The van der Waals surface area contributed by atoms with Crippen LogP contribution in [0.4, 0.5) is 0 Å². The fourth-order valence-electron chi connectivity index (χ4n) is 2.16. The summed E-state index contributed by atoms with van der Waals surface area (Å²) in [6.07, 6.45) is 3.23. The highest BCUT2D eigenvalue weighted by molar-refractivity contribution is 4.88. The molecule has 1 fully saturated rings. The van der Waals surface area contributed by atoms with Gasteiger partial charge in [-0.25, -0.2) is 0 Å². The average molecular weight is 180 g/mol. The van der Waals surface area contributed by atoms with E-state index >= 15 is 0 Å². The third-order valence-electron chi connectivity index (χ3n) is 3.36. The molecule has 4 atom stereocenters. The van der Waals surface area contributed by atoms with E-state index in [9.17, 15) is 0 Å². The van der Waals surface area contributed by atoms with Crippen LogP contribution in [0.3, 0.4) is 0 Å². The van der Waals surface area contributed by atoms with Gasteiger partial charge in [0.25, 0.3) is 0 Å². The summed E-state index contributed by atoms with van der Waals surface area (Å²) in [4.78, 5) is 0. The highest BCUT2D eigenvalue weighted by Crippen LogP contribution is 2.31.